The lowest BCUT2D eigenvalue weighted by molar-refractivity contribution is -0.0177. The molecular weight excluding hydrogens is 220 g/mol. The minimum atomic E-state index is 0.406. The van der Waals surface area contributed by atoms with Crippen LogP contribution in [0.2, 0.25) is 0 Å². The first-order valence-electron chi connectivity index (χ1n) is 8.27. The second-order valence-corrected chi connectivity index (χ2v) is 7.02. The van der Waals surface area contributed by atoms with E-state index in [1.807, 2.05) is 0 Å². The Morgan fingerprint density at radius 3 is 2.72 bits per heavy atom. The topological polar surface area (TPSA) is 29.3 Å². The molecule has 0 spiro atoms. The predicted molar refractivity (Wildman–Crippen MR) is 76.5 cm³/mol. The van der Waals surface area contributed by atoms with Crippen LogP contribution in [0.15, 0.2) is 0 Å². The molecule has 3 aliphatic rings. The van der Waals surface area contributed by atoms with Crippen LogP contribution in [0, 0.1) is 11.8 Å². The van der Waals surface area contributed by atoms with Gasteiger partial charge in [-0.25, -0.2) is 0 Å². The standard InChI is InChI=1S/C16H30N2/c1-2-5-15-6-3-4-9-18(15)16(12-17)11-13-7-8-14(16)10-13/h13-15H,2-12,17H2,1H3. The van der Waals surface area contributed by atoms with Gasteiger partial charge in [0.2, 0.25) is 0 Å². The van der Waals surface area contributed by atoms with Gasteiger partial charge in [-0.3, -0.25) is 4.90 Å². The summed E-state index contributed by atoms with van der Waals surface area (Å²) in [6.07, 6.45) is 12.8. The van der Waals surface area contributed by atoms with Crippen molar-refractivity contribution >= 4 is 0 Å². The average molecular weight is 250 g/mol. The molecule has 2 saturated carbocycles. The number of rotatable bonds is 4. The largest absolute Gasteiger partial charge is 0.329 e. The Bertz CT molecular complexity index is 289. The molecule has 18 heavy (non-hydrogen) atoms. The van der Waals surface area contributed by atoms with Crippen LogP contribution in [-0.2, 0) is 0 Å². The highest BCUT2D eigenvalue weighted by Crippen LogP contribution is 2.54. The van der Waals surface area contributed by atoms with Crippen molar-refractivity contribution in [1.82, 2.24) is 4.90 Å². The molecule has 2 N–H and O–H groups in total. The highest BCUT2D eigenvalue weighted by atomic mass is 15.3. The van der Waals surface area contributed by atoms with Crippen LogP contribution < -0.4 is 5.73 Å². The lowest BCUT2D eigenvalue weighted by Gasteiger charge is -2.52. The molecule has 0 aromatic carbocycles. The van der Waals surface area contributed by atoms with Crippen LogP contribution in [0.3, 0.4) is 0 Å². The van der Waals surface area contributed by atoms with Crippen molar-refractivity contribution in [2.24, 2.45) is 17.6 Å². The molecule has 3 fully saturated rings. The fraction of sp³-hybridized carbons (Fsp3) is 1.00. The van der Waals surface area contributed by atoms with Gasteiger partial charge in [0, 0.05) is 18.1 Å². The molecule has 104 valence electrons. The summed E-state index contributed by atoms with van der Waals surface area (Å²) in [5, 5.41) is 0. The fourth-order valence-corrected chi connectivity index (χ4v) is 5.35. The molecule has 0 aromatic heterocycles. The van der Waals surface area contributed by atoms with Gasteiger partial charge in [-0.1, -0.05) is 26.2 Å². The van der Waals surface area contributed by atoms with E-state index in [1.165, 1.54) is 64.3 Å². The van der Waals surface area contributed by atoms with Crippen LogP contribution in [-0.4, -0.2) is 29.6 Å². The van der Waals surface area contributed by atoms with Gasteiger partial charge in [-0.15, -0.1) is 0 Å². The highest BCUT2D eigenvalue weighted by Gasteiger charge is 2.54. The van der Waals surface area contributed by atoms with Gasteiger partial charge in [0.25, 0.3) is 0 Å². The third-order valence-electron chi connectivity index (χ3n) is 6.12. The molecule has 0 amide bonds. The summed E-state index contributed by atoms with van der Waals surface area (Å²) in [4.78, 5) is 2.89. The summed E-state index contributed by atoms with van der Waals surface area (Å²) in [5.74, 6) is 1.92. The number of hydrogen-bond acceptors (Lipinski definition) is 2. The predicted octanol–water partition coefficient (Wildman–Crippen LogP) is 3.16. The molecule has 0 aromatic rings. The van der Waals surface area contributed by atoms with Crippen molar-refractivity contribution in [3.63, 3.8) is 0 Å². The third kappa shape index (κ3) is 1.92. The van der Waals surface area contributed by atoms with E-state index in [0.717, 1.165) is 24.4 Å². The summed E-state index contributed by atoms with van der Waals surface area (Å²) < 4.78 is 0. The van der Waals surface area contributed by atoms with E-state index in [-0.39, 0.29) is 0 Å². The highest BCUT2D eigenvalue weighted by molar-refractivity contribution is 5.09. The average Bonchev–Trinajstić information content (AvgIpc) is 3.00. The van der Waals surface area contributed by atoms with E-state index in [2.05, 4.69) is 11.8 Å². The van der Waals surface area contributed by atoms with Gasteiger partial charge in [-0.2, -0.15) is 0 Å². The number of likely N-dealkylation sites (tertiary alicyclic amines) is 1. The van der Waals surface area contributed by atoms with Crippen LogP contribution in [0.5, 0.6) is 0 Å². The molecule has 2 nitrogen and oxygen atoms in total. The molecule has 2 heteroatoms. The lowest BCUT2D eigenvalue weighted by Crippen LogP contribution is -2.61. The number of hydrogen-bond donors (Lipinski definition) is 1. The van der Waals surface area contributed by atoms with Crippen LogP contribution in [0.25, 0.3) is 0 Å². The van der Waals surface area contributed by atoms with Gasteiger partial charge < -0.3 is 5.73 Å². The summed E-state index contributed by atoms with van der Waals surface area (Å²) in [5.41, 5.74) is 6.71. The Balaban J connectivity index is 1.81. The molecule has 1 saturated heterocycles. The van der Waals surface area contributed by atoms with Gasteiger partial charge in [0.05, 0.1) is 0 Å². The zero-order chi connectivity index (χ0) is 12.6. The normalized spacial score (nSPS) is 44.7. The Morgan fingerprint density at radius 2 is 2.11 bits per heavy atom. The maximum atomic E-state index is 6.30. The number of piperidine rings is 1. The quantitative estimate of drug-likeness (QED) is 0.830. The first-order valence-corrected chi connectivity index (χ1v) is 8.27. The molecular formula is C16H30N2. The van der Waals surface area contributed by atoms with E-state index in [1.54, 1.807) is 0 Å². The smallest absolute Gasteiger partial charge is 0.0365 e. The Labute approximate surface area is 112 Å². The number of nitrogens with two attached hydrogens (primary N) is 1. The second kappa shape index (κ2) is 5.13. The molecule has 0 radical (unpaired) electrons. The van der Waals surface area contributed by atoms with Gasteiger partial charge in [0.1, 0.15) is 0 Å². The third-order valence-corrected chi connectivity index (χ3v) is 6.12. The number of fused-ring (bicyclic) bond motifs is 2. The van der Waals surface area contributed by atoms with Crippen molar-refractivity contribution in [2.45, 2.75) is 76.3 Å². The van der Waals surface area contributed by atoms with E-state index in [4.69, 9.17) is 5.73 Å². The van der Waals surface area contributed by atoms with Gasteiger partial charge >= 0.3 is 0 Å². The van der Waals surface area contributed by atoms with Crippen LogP contribution >= 0.6 is 0 Å². The van der Waals surface area contributed by atoms with Crippen LogP contribution in [0.1, 0.15) is 64.7 Å². The summed E-state index contributed by atoms with van der Waals surface area (Å²) >= 11 is 0. The zero-order valence-corrected chi connectivity index (χ0v) is 12.0. The molecule has 3 rings (SSSR count). The van der Waals surface area contributed by atoms with Crippen molar-refractivity contribution < 1.29 is 0 Å². The molecule has 1 aliphatic heterocycles. The fourth-order valence-electron chi connectivity index (χ4n) is 5.35. The van der Waals surface area contributed by atoms with Crippen molar-refractivity contribution in [3.05, 3.63) is 0 Å². The first kappa shape index (κ1) is 12.9. The lowest BCUT2D eigenvalue weighted by atomic mass is 9.76. The first-order chi connectivity index (χ1) is 8.80. The maximum absolute atomic E-state index is 6.30. The number of nitrogens with zero attached hydrogens (tertiary/aromatic N) is 1. The van der Waals surface area contributed by atoms with Gasteiger partial charge in [-0.05, 0) is 56.9 Å². The van der Waals surface area contributed by atoms with Crippen molar-refractivity contribution in [3.8, 4) is 0 Å². The van der Waals surface area contributed by atoms with Crippen molar-refractivity contribution in [2.75, 3.05) is 13.1 Å². The monoisotopic (exact) mass is 250 g/mol. The molecule has 1 heterocycles. The minimum absolute atomic E-state index is 0.406. The summed E-state index contributed by atoms with van der Waals surface area (Å²) in [7, 11) is 0. The van der Waals surface area contributed by atoms with Crippen LogP contribution in [0.4, 0.5) is 0 Å². The Kier molecular flexibility index (Phi) is 3.68. The van der Waals surface area contributed by atoms with Gasteiger partial charge in [0.15, 0.2) is 0 Å². The maximum Gasteiger partial charge on any atom is 0.0365 e. The Morgan fingerprint density at radius 1 is 1.22 bits per heavy atom. The molecule has 2 aliphatic carbocycles. The second-order valence-electron chi connectivity index (χ2n) is 7.02. The Hall–Kier alpha value is -0.0800. The molecule has 4 unspecified atom stereocenters. The van der Waals surface area contributed by atoms with E-state index in [9.17, 15) is 0 Å². The van der Waals surface area contributed by atoms with E-state index in [0.29, 0.717) is 5.54 Å². The summed E-state index contributed by atoms with van der Waals surface area (Å²) in [6, 6.07) is 0.839. The SMILES string of the molecule is CCCC1CCCCN1C1(CN)CC2CCC1C2. The van der Waals surface area contributed by atoms with E-state index < -0.39 is 0 Å². The van der Waals surface area contributed by atoms with E-state index >= 15 is 0 Å². The van der Waals surface area contributed by atoms with Crippen molar-refractivity contribution in [1.29, 1.82) is 0 Å². The zero-order valence-electron chi connectivity index (χ0n) is 12.0. The minimum Gasteiger partial charge on any atom is -0.329 e. The molecule has 4 atom stereocenters. The molecule has 2 bridgehead atoms. The summed E-state index contributed by atoms with van der Waals surface area (Å²) in [6.45, 7) is 4.57.